The second-order valence-electron chi connectivity index (χ2n) is 8.55. The fourth-order valence-corrected chi connectivity index (χ4v) is 4.69. The van der Waals surface area contributed by atoms with Crippen molar-refractivity contribution >= 4 is 5.96 Å². The molecule has 0 aliphatic carbocycles. The minimum atomic E-state index is -0.178. The maximum Gasteiger partial charge on any atom is 0.193 e. The first-order valence-corrected chi connectivity index (χ1v) is 11.2. The molecule has 2 aromatic carbocycles. The van der Waals surface area contributed by atoms with Crippen molar-refractivity contribution in [2.45, 2.75) is 24.8 Å². The van der Waals surface area contributed by atoms with E-state index in [1.54, 1.807) is 6.07 Å². The van der Waals surface area contributed by atoms with Crippen molar-refractivity contribution in [3.05, 3.63) is 71.5 Å². The van der Waals surface area contributed by atoms with Gasteiger partial charge in [0.15, 0.2) is 5.96 Å². The van der Waals surface area contributed by atoms with Crippen LogP contribution < -0.4 is 5.32 Å². The summed E-state index contributed by atoms with van der Waals surface area (Å²) >= 11 is 0. The molecule has 0 aromatic heterocycles. The van der Waals surface area contributed by atoms with Gasteiger partial charge in [-0.25, -0.2) is 4.39 Å². The first-order chi connectivity index (χ1) is 15.2. The van der Waals surface area contributed by atoms with Gasteiger partial charge in [0, 0.05) is 64.9 Å². The lowest BCUT2D eigenvalue weighted by Gasteiger charge is -2.40. The van der Waals surface area contributed by atoms with Crippen LogP contribution in [0.4, 0.5) is 4.39 Å². The third kappa shape index (κ3) is 5.43. The number of nitrogens with zero attached hydrogens (tertiary/aromatic N) is 3. The molecule has 2 fully saturated rings. The monoisotopic (exact) mass is 424 g/mol. The summed E-state index contributed by atoms with van der Waals surface area (Å²) < 4.78 is 19.6. The first kappa shape index (κ1) is 21.8. The van der Waals surface area contributed by atoms with Crippen LogP contribution in [-0.2, 0) is 16.7 Å². The number of piperazine rings is 1. The van der Waals surface area contributed by atoms with Crippen LogP contribution in [0, 0.1) is 5.82 Å². The van der Waals surface area contributed by atoms with Crippen LogP contribution in [-0.4, -0.2) is 68.7 Å². The van der Waals surface area contributed by atoms with E-state index in [4.69, 9.17) is 4.74 Å². The largest absolute Gasteiger partial charge is 0.381 e. The van der Waals surface area contributed by atoms with Gasteiger partial charge in [-0.2, -0.15) is 0 Å². The number of hydrogen-bond acceptors (Lipinski definition) is 3. The first-order valence-electron chi connectivity index (χ1n) is 11.2. The fourth-order valence-electron chi connectivity index (χ4n) is 4.69. The van der Waals surface area contributed by atoms with Crippen molar-refractivity contribution in [2.75, 3.05) is 53.0 Å². The molecule has 1 N–H and O–H groups in total. The zero-order valence-electron chi connectivity index (χ0n) is 18.4. The van der Waals surface area contributed by atoms with E-state index in [0.717, 1.165) is 63.6 Å². The maximum absolute atomic E-state index is 14.0. The molecule has 6 heteroatoms. The Labute approximate surface area is 184 Å². The smallest absolute Gasteiger partial charge is 0.193 e. The van der Waals surface area contributed by atoms with Gasteiger partial charge in [0.2, 0.25) is 0 Å². The predicted molar refractivity (Wildman–Crippen MR) is 123 cm³/mol. The molecule has 0 radical (unpaired) electrons. The van der Waals surface area contributed by atoms with E-state index in [9.17, 15) is 4.39 Å². The van der Waals surface area contributed by atoms with E-state index in [0.29, 0.717) is 13.2 Å². The molecule has 2 heterocycles. The summed E-state index contributed by atoms with van der Waals surface area (Å²) in [5.74, 6) is 0.754. The Bertz CT molecular complexity index is 859. The Balaban J connectivity index is 1.36. The summed E-state index contributed by atoms with van der Waals surface area (Å²) in [7, 11) is 1.84. The van der Waals surface area contributed by atoms with Crippen molar-refractivity contribution in [1.82, 2.24) is 15.1 Å². The molecule has 0 saturated carbocycles. The normalized spacial score (nSPS) is 19.9. The van der Waals surface area contributed by atoms with Gasteiger partial charge in [0.05, 0.1) is 0 Å². The maximum atomic E-state index is 14.0. The molecule has 0 bridgehead atoms. The number of rotatable bonds is 5. The Hall–Kier alpha value is -2.44. The summed E-state index contributed by atoms with van der Waals surface area (Å²) in [6.07, 6.45) is 1.76. The molecule has 0 atom stereocenters. The molecule has 0 unspecified atom stereocenters. The van der Waals surface area contributed by atoms with Crippen LogP contribution in [0.2, 0.25) is 0 Å². The van der Waals surface area contributed by atoms with E-state index in [-0.39, 0.29) is 11.2 Å². The highest BCUT2D eigenvalue weighted by Crippen LogP contribution is 2.34. The van der Waals surface area contributed by atoms with Gasteiger partial charge in [-0.05, 0) is 36.1 Å². The average Bonchev–Trinajstić information content (AvgIpc) is 2.82. The Morgan fingerprint density at radius 1 is 1.03 bits per heavy atom. The zero-order valence-corrected chi connectivity index (χ0v) is 18.4. The van der Waals surface area contributed by atoms with Gasteiger partial charge >= 0.3 is 0 Å². The zero-order chi connectivity index (χ0) is 21.5. The van der Waals surface area contributed by atoms with E-state index in [2.05, 4.69) is 50.4 Å². The molecular weight excluding hydrogens is 391 g/mol. The number of guanidine groups is 1. The highest BCUT2D eigenvalue weighted by Gasteiger charge is 2.35. The van der Waals surface area contributed by atoms with Gasteiger partial charge in [0.1, 0.15) is 5.82 Å². The number of hydrogen-bond donors (Lipinski definition) is 1. The van der Waals surface area contributed by atoms with Gasteiger partial charge in [-0.15, -0.1) is 0 Å². The van der Waals surface area contributed by atoms with Crippen molar-refractivity contribution in [2.24, 2.45) is 4.99 Å². The van der Waals surface area contributed by atoms with Crippen LogP contribution in [0.1, 0.15) is 24.0 Å². The molecule has 4 rings (SSSR count). The molecule has 2 aliphatic rings. The second-order valence-corrected chi connectivity index (χ2v) is 8.55. The highest BCUT2D eigenvalue weighted by atomic mass is 19.1. The molecule has 2 aliphatic heterocycles. The molecule has 5 nitrogen and oxygen atoms in total. The molecule has 0 spiro atoms. The van der Waals surface area contributed by atoms with Crippen LogP contribution in [0.3, 0.4) is 0 Å². The minimum absolute atomic E-state index is 0.134. The van der Waals surface area contributed by atoms with Crippen LogP contribution in [0.15, 0.2) is 59.6 Å². The summed E-state index contributed by atoms with van der Waals surface area (Å²) in [4.78, 5) is 9.38. The average molecular weight is 425 g/mol. The number of aliphatic imine (C=N–C) groups is 1. The number of ether oxygens (including phenoxy) is 1. The fraction of sp³-hybridized carbons (Fsp3) is 0.480. The summed E-state index contributed by atoms with van der Waals surface area (Å²) in [6.45, 7) is 7.05. The van der Waals surface area contributed by atoms with E-state index < -0.39 is 0 Å². The SMILES string of the molecule is CN=C(NCC1(c2cccc(F)c2)CCOCC1)N1CCN(Cc2ccccc2)CC1. The lowest BCUT2D eigenvalue weighted by Crippen LogP contribution is -2.54. The Morgan fingerprint density at radius 2 is 1.77 bits per heavy atom. The summed E-state index contributed by atoms with van der Waals surface area (Å²) in [5.41, 5.74) is 2.27. The lowest BCUT2D eigenvalue weighted by molar-refractivity contribution is 0.0509. The van der Waals surface area contributed by atoms with Crippen LogP contribution in [0.5, 0.6) is 0 Å². The van der Waals surface area contributed by atoms with Crippen LogP contribution in [0.25, 0.3) is 0 Å². The Kier molecular flexibility index (Phi) is 7.20. The highest BCUT2D eigenvalue weighted by molar-refractivity contribution is 5.80. The van der Waals surface area contributed by atoms with Crippen molar-refractivity contribution in [3.63, 3.8) is 0 Å². The van der Waals surface area contributed by atoms with E-state index in [1.807, 2.05) is 19.2 Å². The van der Waals surface area contributed by atoms with Crippen molar-refractivity contribution in [1.29, 1.82) is 0 Å². The summed E-state index contributed by atoms with van der Waals surface area (Å²) in [6, 6.07) is 17.7. The van der Waals surface area contributed by atoms with Gasteiger partial charge in [-0.1, -0.05) is 42.5 Å². The quantitative estimate of drug-likeness (QED) is 0.591. The number of halogens is 1. The number of nitrogens with one attached hydrogen (secondary N) is 1. The van der Waals surface area contributed by atoms with Crippen molar-refractivity contribution in [3.8, 4) is 0 Å². The second kappa shape index (κ2) is 10.2. The molecule has 2 saturated heterocycles. The Morgan fingerprint density at radius 3 is 2.45 bits per heavy atom. The predicted octanol–water partition coefficient (Wildman–Crippen LogP) is 3.27. The molecule has 166 valence electrons. The van der Waals surface area contributed by atoms with E-state index >= 15 is 0 Å². The minimum Gasteiger partial charge on any atom is -0.381 e. The summed E-state index contributed by atoms with van der Waals surface area (Å²) in [5, 5.41) is 3.61. The van der Waals surface area contributed by atoms with Crippen molar-refractivity contribution < 1.29 is 9.13 Å². The third-order valence-electron chi connectivity index (χ3n) is 6.60. The lowest BCUT2D eigenvalue weighted by atomic mass is 9.74. The van der Waals surface area contributed by atoms with Crippen LogP contribution >= 0.6 is 0 Å². The van der Waals surface area contributed by atoms with E-state index in [1.165, 1.54) is 11.6 Å². The molecule has 2 aromatic rings. The molecular formula is C25H33FN4O. The molecule has 31 heavy (non-hydrogen) atoms. The van der Waals surface area contributed by atoms with Gasteiger partial charge in [0.25, 0.3) is 0 Å². The van der Waals surface area contributed by atoms with Gasteiger partial charge in [-0.3, -0.25) is 9.89 Å². The topological polar surface area (TPSA) is 40.1 Å². The standard InChI is InChI=1S/C25H33FN4O/c1-27-24(30-14-12-29(13-15-30)19-21-6-3-2-4-7-21)28-20-25(10-16-31-17-11-25)22-8-5-9-23(26)18-22/h2-9,18H,10-17,19-20H2,1H3,(H,27,28). The molecule has 0 amide bonds. The number of benzene rings is 2. The van der Waals surface area contributed by atoms with Gasteiger partial charge < -0.3 is 15.0 Å². The third-order valence-corrected chi connectivity index (χ3v) is 6.60.